The molecule has 0 saturated carbocycles. The third-order valence-electron chi connectivity index (χ3n) is 11.0. The summed E-state index contributed by atoms with van der Waals surface area (Å²) in [6.45, 7) is 2.21. The Hall–Kier alpha value is -4.63. The number of aliphatic hydroxyl groups excluding tert-OH is 1. The van der Waals surface area contributed by atoms with E-state index in [0.717, 1.165) is 58.4 Å². The van der Waals surface area contributed by atoms with Gasteiger partial charge in [0.1, 0.15) is 35.5 Å². The van der Waals surface area contributed by atoms with Crippen LogP contribution in [0.5, 0.6) is 0 Å². The number of benzene rings is 4. The number of hydrogen-bond acceptors (Lipinski definition) is 13. The van der Waals surface area contributed by atoms with Gasteiger partial charge in [0.2, 0.25) is 0 Å². The summed E-state index contributed by atoms with van der Waals surface area (Å²) in [5.74, 6) is 0.938. The molecule has 0 unspecified atom stereocenters. The van der Waals surface area contributed by atoms with E-state index in [1.165, 1.54) is 22.6 Å². The second kappa shape index (κ2) is 19.9. The van der Waals surface area contributed by atoms with Gasteiger partial charge in [0.15, 0.2) is 0 Å². The second-order valence-electron chi connectivity index (χ2n) is 15.0. The summed E-state index contributed by atoms with van der Waals surface area (Å²) < 4.78 is 54.7. The van der Waals surface area contributed by atoms with Gasteiger partial charge in [-0.05, 0) is 81.9 Å². The third-order valence-corrected chi connectivity index (χ3v) is 11.5. The molecule has 4 aliphatic heterocycles. The number of anilines is 4. The van der Waals surface area contributed by atoms with Crippen LogP contribution >= 0.6 is 7.82 Å². The molecule has 2 saturated heterocycles. The molecule has 2 amide bonds. The Bertz CT molecular complexity index is 2700. The number of carbonyl (C=O) groups excluding carboxylic acids is 2. The molecule has 4 aliphatic rings. The van der Waals surface area contributed by atoms with E-state index in [2.05, 4.69) is 34.3 Å². The SMILES string of the molecule is O=C1O[C@@H](CO)CN1c1ccc(-c2ccc3c(c2)CN(c2cnc[nH]2)C3)c(F)c1.O=C1O[C@@H](COP(=O)([O-])[O-])CN1c1ccc(-c2ccc3c(c2)CN(c2cnc[nH]2)C3)c(F)c1.[Na+].[Na+]. The molecule has 17 nitrogen and oxygen atoms in total. The van der Waals surface area contributed by atoms with Crippen molar-refractivity contribution in [1.29, 1.82) is 0 Å². The van der Waals surface area contributed by atoms with E-state index in [4.69, 9.17) is 14.6 Å². The van der Waals surface area contributed by atoms with Crippen molar-refractivity contribution >= 4 is 43.0 Å². The van der Waals surface area contributed by atoms with Crippen LogP contribution in [-0.4, -0.2) is 75.7 Å². The first-order valence-electron chi connectivity index (χ1n) is 19.4. The minimum atomic E-state index is -5.18. The Labute approximate surface area is 409 Å². The van der Waals surface area contributed by atoms with Crippen molar-refractivity contribution in [1.82, 2.24) is 19.9 Å². The van der Waals surface area contributed by atoms with Crippen LogP contribution in [0, 0.1) is 11.6 Å². The van der Waals surface area contributed by atoms with Crippen molar-refractivity contribution in [2.75, 3.05) is 45.9 Å². The molecule has 2 aromatic heterocycles. The molecular weight excluding hydrogens is 875 g/mol. The van der Waals surface area contributed by atoms with Crippen molar-refractivity contribution in [2.24, 2.45) is 0 Å². The molecule has 2 fully saturated rings. The third kappa shape index (κ3) is 10.2. The largest absolute Gasteiger partial charge is 1.00 e. The number of H-pyrrole nitrogens is 2. The van der Waals surface area contributed by atoms with Crippen LogP contribution in [0.4, 0.5) is 41.4 Å². The fraction of sp³-hybridized carbons (Fsp3) is 0.238. The van der Waals surface area contributed by atoms with Gasteiger partial charge in [-0.1, -0.05) is 24.3 Å². The van der Waals surface area contributed by atoms with E-state index in [-0.39, 0.29) is 84.5 Å². The zero-order valence-corrected chi connectivity index (χ0v) is 39.5. The molecule has 6 aromatic rings. The molecule has 0 bridgehead atoms. The van der Waals surface area contributed by atoms with Crippen molar-refractivity contribution in [2.45, 2.75) is 38.4 Å². The number of carbonyl (C=O) groups is 2. The zero-order chi connectivity index (χ0) is 43.1. The summed E-state index contributed by atoms with van der Waals surface area (Å²) in [5.41, 5.74) is 7.61. The number of rotatable bonds is 10. The molecule has 0 radical (unpaired) electrons. The number of nitrogens with zero attached hydrogens (tertiary/aromatic N) is 6. The fourth-order valence-corrected chi connectivity index (χ4v) is 8.29. The van der Waals surface area contributed by atoms with Gasteiger partial charge < -0.3 is 53.2 Å². The van der Waals surface area contributed by atoms with Crippen LogP contribution in [0.25, 0.3) is 22.3 Å². The summed E-state index contributed by atoms with van der Waals surface area (Å²) in [7, 11) is -5.18. The maximum atomic E-state index is 15.0. The number of amides is 2. The van der Waals surface area contributed by atoms with Crippen molar-refractivity contribution in [3.63, 3.8) is 0 Å². The first kappa shape index (κ1) is 47.3. The van der Waals surface area contributed by atoms with Gasteiger partial charge in [0.05, 0.1) is 70.5 Å². The summed E-state index contributed by atoms with van der Waals surface area (Å²) in [4.78, 5) is 66.4. The molecule has 64 heavy (non-hydrogen) atoms. The number of phosphoric ester groups is 1. The predicted octanol–water partition coefficient (Wildman–Crippen LogP) is -1.03. The maximum Gasteiger partial charge on any atom is 1.00 e. The van der Waals surface area contributed by atoms with Crippen LogP contribution < -0.4 is 88.5 Å². The Morgan fingerprint density at radius 2 is 1.14 bits per heavy atom. The normalized spacial score (nSPS) is 17.6. The summed E-state index contributed by atoms with van der Waals surface area (Å²) in [5, 5.41) is 9.16. The molecule has 320 valence electrons. The minimum Gasteiger partial charge on any atom is -0.790 e. The molecule has 3 N–H and O–H groups in total. The van der Waals surface area contributed by atoms with E-state index < -0.39 is 50.5 Å². The van der Waals surface area contributed by atoms with E-state index >= 15 is 4.39 Å². The number of hydrogen-bond donors (Lipinski definition) is 3. The van der Waals surface area contributed by atoms with E-state index in [1.807, 2.05) is 36.4 Å². The first-order valence-corrected chi connectivity index (χ1v) is 20.9. The molecule has 10 rings (SSSR count). The number of imidazole rings is 2. The smallest absolute Gasteiger partial charge is 0.790 e. The summed E-state index contributed by atoms with van der Waals surface area (Å²) >= 11 is 0. The number of halogens is 2. The average Bonchev–Trinajstić information content (AvgIpc) is 4.11. The number of aromatic nitrogens is 4. The molecular formula is C42H37F2N8Na2O9P. The van der Waals surface area contributed by atoms with Crippen LogP contribution in [0.15, 0.2) is 97.8 Å². The minimum absolute atomic E-state index is 0. The number of aromatic amines is 2. The van der Waals surface area contributed by atoms with Gasteiger partial charge in [-0.15, -0.1) is 0 Å². The molecule has 2 atom stereocenters. The van der Waals surface area contributed by atoms with Crippen molar-refractivity contribution in [3.05, 3.63) is 132 Å². The van der Waals surface area contributed by atoms with Gasteiger partial charge in [0.25, 0.3) is 0 Å². The monoisotopic (exact) mass is 912 g/mol. The first-order chi connectivity index (χ1) is 29.9. The molecule has 4 aromatic carbocycles. The summed E-state index contributed by atoms with van der Waals surface area (Å²) in [6, 6.07) is 20.8. The zero-order valence-electron chi connectivity index (χ0n) is 34.6. The fourth-order valence-electron chi connectivity index (χ4n) is 7.94. The molecule has 0 spiro atoms. The average molecular weight is 913 g/mol. The molecule has 6 heterocycles. The second-order valence-corrected chi connectivity index (χ2v) is 16.2. The standard InChI is InChI=1S/C21H20FN4O6P.C21H19FN4O3.2Na/c22-19-6-16(26-10-17(32-21(26)27)11-31-33(28,29)30)3-4-18(19)13-1-2-14-8-25(9-15(14)5-13)20-7-23-12-24-20;22-19-6-16(26-10-17(11-27)29-21(26)28)3-4-18(19)13-1-2-14-8-25(9-15(14)5-13)20-7-23-12-24-20;;/h1-7,12,17H,8-11H2,(H,23,24)(H2,28,29,30);1-7,12,17,27H,8-11H2,(H,23,24);;/q;;2*+1/p-2/t2*17-;;/m11../s1. The Morgan fingerprint density at radius 3 is 1.55 bits per heavy atom. The van der Waals surface area contributed by atoms with Crippen LogP contribution in [0.3, 0.4) is 0 Å². The number of phosphoric acid groups is 1. The predicted molar refractivity (Wildman–Crippen MR) is 216 cm³/mol. The molecule has 22 heteroatoms. The van der Waals surface area contributed by atoms with Crippen LogP contribution in [0.2, 0.25) is 0 Å². The number of ether oxygens (including phenoxy) is 2. The van der Waals surface area contributed by atoms with E-state index in [1.54, 1.807) is 49.3 Å². The quantitative estimate of drug-likeness (QED) is 0.111. The van der Waals surface area contributed by atoms with Gasteiger partial charge >= 0.3 is 71.3 Å². The van der Waals surface area contributed by atoms with Crippen LogP contribution in [0.1, 0.15) is 22.3 Å². The molecule has 0 aliphatic carbocycles. The number of fused-ring (bicyclic) bond motifs is 2. The topological polar surface area (TPSA) is 216 Å². The number of nitrogens with one attached hydrogen (secondary N) is 2. The summed E-state index contributed by atoms with van der Waals surface area (Å²) in [6.07, 6.45) is 3.93. The van der Waals surface area contributed by atoms with Crippen molar-refractivity contribution < 1.29 is 111 Å². The Balaban J connectivity index is 0.000000187. The van der Waals surface area contributed by atoms with Gasteiger partial charge in [-0.25, -0.2) is 28.3 Å². The maximum absolute atomic E-state index is 15.0. The Kier molecular flexibility index (Phi) is 14.7. The van der Waals surface area contributed by atoms with Gasteiger partial charge in [-0.2, -0.15) is 0 Å². The van der Waals surface area contributed by atoms with Gasteiger partial charge in [-0.3, -0.25) is 9.80 Å². The van der Waals surface area contributed by atoms with Crippen molar-refractivity contribution in [3.8, 4) is 22.3 Å². The van der Waals surface area contributed by atoms with Gasteiger partial charge in [0, 0.05) is 37.3 Å². The van der Waals surface area contributed by atoms with E-state index in [0.29, 0.717) is 28.9 Å². The van der Waals surface area contributed by atoms with E-state index in [9.17, 15) is 28.3 Å². The number of cyclic esters (lactones) is 2. The Morgan fingerprint density at radius 1 is 0.688 bits per heavy atom. The number of aliphatic hydroxyl groups is 1. The van der Waals surface area contributed by atoms with Crippen LogP contribution in [-0.2, 0) is 44.7 Å².